The van der Waals surface area contributed by atoms with Crippen LogP contribution in [0.5, 0.6) is 0 Å². The highest BCUT2D eigenvalue weighted by molar-refractivity contribution is 5.98. The van der Waals surface area contributed by atoms with Crippen LogP contribution >= 0.6 is 0 Å². The highest BCUT2D eigenvalue weighted by Gasteiger charge is 2.38. The molecule has 0 radical (unpaired) electrons. The van der Waals surface area contributed by atoms with Crippen LogP contribution in [-0.2, 0) is 16.9 Å². The number of nitrogens with one attached hydrogen (secondary N) is 1. The zero-order chi connectivity index (χ0) is 27.7. The predicted molar refractivity (Wildman–Crippen MR) is 126 cm³/mol. The number of carbonyl (C=O) groups excluding carboxylic acids is 1. The molecule has 3 aromatic rings. The molecule has 1 saturated heterocycles. The summed E-state index contributed by atoms with van der Waals surface area (Å²) in [5.74, 6) is -3.62. The quantitative estimate of drug-likeness (QED) is 0.344. The number of morpholine rings is 1. The molecule has 0 aromatic carbocycles. The molecule has 4 heterocycles. The summed E-state index contributed by atoms with van der Waals surface area (Å²) < 4.78 is 44.5. The Morgan fingerprint density at radius 1 is 1.11 bits per heavy atom. The maximum Gasteiger partial charge on any atom is 0.417 e. The van der Waals surface area contributed by atoms with E-state index in [0.717, 1.165) is 12.1 Å². The molecule has 202 valence electrons. The molecule has 1 aliphatic rings. The van der Waals surface area contributed by atoms with Gasteiger partial charge in [0.05, 0.1) is 29.4 Å². The van der Waals surface area contributed by atoms with Crippen molar-refractivity contribution in [3.63, 3.8) is 0 Å². The number of rotatable bonds is 6. The normalized spacial score (nSPS) is 20.3. The van der Waals surface area contributed by atoms with E-state index in [0.29, 0.717) is 6.20 Å². The second-order valence-electron chi connectivity index (χ2n) is 8.79. The molecule has 1 aliphatic heterocycles. The molecule has 14 heteroatoms. The van der Waals surface area contributed by atoms with Crippen LogP contribution in [0.1, 0.15) is 35.6 Å². The Kier molecular flexibility index (Phi) is 7.60. The summed E-state index contributed by atoms with van der Waals surface area (Å²) in [5, 5.41) is 31.9. The van der Waals surface area contributed by atoms with E-state index in [1.54, 1.807) is 19.9 Å². The van der Waals surface area contributed by atoms with Crippen LogP contribution in [0.15, 0.2) is 48.9 Å². The highest BCUT2D eigenvalue weighted by atomic mass is 19.4. The van der Waals surface area contributed by atoms with Gasteiger partial charge in [0.1, 0.15) is 17.2 Å². The summed E-state index contributed by atoms with van der Waals surface area (Å²) in [6.45, 7) is 3.70. The van der Waals surface area contributed by atoms with Crippen molar-refractivity contribution in [1.29, 1.82) is 0 Å². The molecular formula is C24H25F3N6O5. The standard InChI is InChI=1S/C24H25F3N6O5/c1-13-12-33(17(14(2)38-13)11-31-19-7-4-15(10-30-19)23(25,26)27)22(34)20-16(21-28-8-3-9-29-21)5-6-18(32-20)24(35,36)37/h3-10,13-14,17,35-37H,11-12H2,1-2H3,(H,30,31). The van der Waals surface area contributed by atoms with Crippen molar-refractivity contribution < 1.29 is 38.0 Å². The topological polar surface area (TPSA) is 154 Å². The summed E-state index contributed by atoms with van der Waals surface area (Å²) >= 11 is 0. The van der Waals surface area contributed by atoms with Crippen LogP contribution < -0.4 is 5.32 Å². The summed E-state index contributed by atoms with van der Waals surface area (Å²) in [6.07, 6.45) is -1.77. The van der Waals surface area contributed by atoms with Gasteiger partial charge in [-0.3, -0.25) is 4.79 Å². The molecule has 1 fully saturated rings. The lowest BCUT2D eigenvalue weighted by atomic mass is 10.0. The van der Waals surface area contributed by atoms with E-state index in [9.17, 15) is 33.3 Å². The van der Waals surface area contributed by atoms with Crippen LogP contribution in [-0.4, -0.2) is 77.4 Å². The Labute approximate surface area is 215 Å². The van der Waals surface area contributed by atoms with E-state index in [1.165, 1.54) is 29.4 Å². The van der Waals surface area contributed by atoms with E-state index in [4.69, 9.17) is 4.74 Å². The van der Waals surface area contributed by atoms with Gasteiger partial charge in [-0.1, -0.05) is 0 Å². The molecule has 1 amide bonds. The van der Waals surface area contributed by atoms with Gasteiger partial charge in [-0.25, -0.2) is 19.9 Å². The molecule has 0 saturated carbocycles. The van der Waals surface area contributed by atoms with Gasteiger partial charge >= 0.3 is 12.1 Å². The number of amides is 1. The molecule has 38 heavy (non-hydrogen) atoms. The minimum absolute atomic E-state index is 0.0682. The molecule has 3 aromatic heterocycles. The van der Waals surface area contributed by atoms with Crippen LogP contribution in [0.4, 0.5) is 19.0 Å². The van der Waals surface area contributed by atoms with Gasteiger partial charge < -0.3 is 30.3 Å². The fourth-order valence-electron chi connectivity index (χ4n) is 4.11. The molecule has 0 bridgehead atoms. The fourth-order valence-corrected chi connectivity index (χ4v) is 4.11. The summed E-state index contributed by atoms with van der Waals surface area (Å²) in [4.78, 5) is 31.5. The van der Waals surface area contributed by atoms with Crippen molar-refractivity contribution >= 4 is 11.7 Å². The lowest BCUT2D eigenvalue weighted by Gasteiger charge is -2.43. The first-order chi connectivity index (χ1) is 17.8. The van der Waals surface area contributed by atoms with Crippen molar-refractivity contribution in [1.82, 2.24) is 24.8 Å². The summed E-state index contributed by atoms with van der Waals surface area (Å²) in [6, 6.07) is 5.51. The third-order valence-electron chi connectivity index (χ3n) is 5.94. The van der Waals surface area contributed by atoms with Crippen LogP contribution in [0.3, 0.4) is 0 Å². The third-order valence-corrected chi connectivity index (χ3v) is 5.94. The zero-order valence-corrected chi connectivity index (χ0v) is 20.3. The van der Waals surface area contributed by atoms with E-state index in [1.807, 2.05) is 0 Å². The summed E-state index contributed by atoms with van der Waals surface area (Å²) in [7, 11) is 0. The van der Waals surface area contributed by atoms with Gasteiger partial charge in [0.25, 0.3) is 5.91 Å². The number of hydrogen-bond acceptors (Lipinski definition) is 10. The lowest BCUT2D eigenvalue weighted by molar-refractivity contribution is -0.326. The third kappa shape index (κ3) is 6.05. The Hall–Kier alpha value is -3.72. The van der Waals surface area contributed by atoms with Gasteiger partial charge in [0.15, 0.2) is 5.82 Å². The van der Waals surface area contributed by atoms with Crippen LogP contribution in [0, 0.1) is 0 Å². The molecule has 3 unspecified atom stereocenters. The minimum Gasteiger partial charge on any atom is -0.372 e. The monoisotopic (exact) mass is 534 g/mol. The van der Waals surface area contributed by atoms with E-state index < -0.39 is 41.5 Å². The first kappa shape index (κ1) is 27.3. The van der Waals surface area contributed by atoms with Crippen molar-refractivity contribution in [2.24, 2.45) is 0 Å². The molecule has 0 aliphatic carbocycles. The predicted octanol–water partition coefficient (Wildman–Crippen LogP) is 1.77. The Morgan fingerprint density at radius 2 is 1.82 bits per heavy atom. The van der Waals surface area contributed by atoms with Crippen molar-refractivity contribution in [2.45, 2.75) is 44.2 Å². The first-order valence-electron chi connectivity index (χ1n) is 11.5. The van der Waals surface area contributed by atoms with Crippen molar-refractivity contribution in [3.05, 3.63) is 65.9 Å². The SMILES string of the molecule is CC1CN(C(=O)c2nc(C(O)(O)O)ccc2-c2ncccn2)C(CNc2ccc(C(F)(F)F)cn2)C(C)O1. The van der Waals surface area contributed by atoms with Crippen molar-refractivity contribution in [2.75, 3.05) is 18.4 Å². The van der Waals surface area contributed by atoms with Gasteiger partial charge in [-0.05, 0) is 44.2 Å². The number of aromatic nitrogens is 4. The Morgan fingerprint density at radius 3 is 2.42 bits per heavy atom. The number of halogens is 3. The van der Waals surface area contributed by atoms with Gasteiger partial charge in [-0.15, -0.1) is 0 Å². The van der Waals surface area contributed by atoms with Gasteiger partial charge in [0, 0.05) is 31.7 Å². The van der Waals surface area contributed by atoms with E-state index in [2.05, 4.69) is 25.3 Å². The zero-order valence-electron chi connectivity index (χ0n) is 20.3. The largest absolute Gasteiger partial charge is 0.417 e. The number of hydrogen-bond donors (Lipinski definition) is 4. The van der Waals surface area contributed by atoms with Gasteiger partial charge in [-0.2, -0.15) is 13.2 Å². The number of anilines is 1. The van der Waals surface area contributed by atoms with E-state index >= 15 is 0 Å². The lowest BCUT2D eigenvalue weighted by Crippen LogP contribution is -2.58. The van der Waals surface area contributed by atoms with Gasteiger partial charge in [0.2, 0.25) is 0 Å². The van der Waals surface area contributed by atoms with Crippen LogP contribution in [0.25, 0.3) is 11.4 Å². The maximum absolute atomic E-state index is 13.9. The minimum atomic E-state index is -4.52. The Balaban J connectivity index is 1.66. The Bertz CT molecular complexity index is 1270. The number of carbonyl (C=O) groups is 1. The number of nitrogens with zero attached hydrogens (tertiary/aromatic N) is 5. The average molecular weight is 534 g/mol. The van der Waals surface area contributed by atoms with Crippen LogP contribution in [0.2, 0.25) is 0 Å². The molecule has 11 nitrogen and oxygen atoms in total. The number of pyridine rings is 2. The summed E-state index contributed by atoms with van der Waals surface area (Å²) in [5.41, 5.74) is -1.53. The second-order valence-corrected chi connectivity index (χ2v) is 8.79. The second kappa shape index (κ2) is 10.6. The number of ether oxygens (including phenoxy) is 1. The number of aliphatic hydroxyl groups is 3. The molecule has 4 N–H and O–H groups in total. The molecule has 0 spiro atoms. The molecular weight excluding hydrogens is 509 g/mol. The fraction of sp³-hybridized carbons (Fsp3) is 0.375. The highest BCUT2D eigenvalue weighted by Crippen LogP contribution is 2.30. The van der Waals surface area contributed by atoms with Crippen molar-refractivity contribution in [3.8, 4) is 11.4 Å². The molecule has 4 rings (SSSR count). The van der Waals surface area contributed by atoms with E-state index in [-0.39, 0.29) is 42.1 Å². The first-order valence-corrected chi connectivity index (χ1v) is 11.5. The average Bonchev–Trinajstić information content (AvgIpc) is 2.86. The maximum atomic E-state index is 13.9. The number of alkyl halides is 3. The smallest absolute Gasteiger partial charge is 0.372 e. The molecule has 3 atom stereocenters.